The lowest BCUT2D eigenvalue weighted by Gasteiger charge is -2.26. The first-order valence-corrected chi connectivity index (χ1v) is 25.3. The second kappa shape index (κ2) is 40.1. The Morgan fingerprint density at radius 3 is 1.54 bits per heavy atom. The summed E-state index contributed by atoms with van der Waals surface area (Å²) in [7, 11) is 1.61. The Balaban J connectivity index is 4.33. The molecule has 0 spiro atoms. The van der Waals surface area contributed by atoms with Gasteiger partial charge in [0.15, 0.2) is 0 Å². The Morgan fingerprint density at radius 2 is 1.05 bits per heavy atom. The molecule has 0 heterocycles. The predicted molar refractivity (Wildman–Crippen MR) is 244 cm³/mol. The molecule has 0 saturated carbocycles. The molecule has 1 amide bonds. The van der Waals surface area contributed by atoms with Crippen LogP contribution in [0.1, 0.15) is 213 Å². The average Bonchev–Trinajstić information content (AvgIpc) is 3.16. The van der Waals surface area contributed by atoms with Crippen molar-refractivity contribution in [2.75, 3.05) is 40.9 Å². The number of nitrogens with zero attached hydrogens (tertiary/aromatic N) is 1. The largest absolute Gasteiger partial charge is 0.472 e. The number of phosphoric acid groups is 1. The summed E-state index contributed by atoms with van der Waals surface area (Å²) < 4.78 is 23.7. The molecule has 0 bridgehead atoms. The van der Waals surface area contributed by atoms with Crippen molar-refractivity contribution in [3.8, 4) is 0 Å². The summed E-state index contributed by atoms with van der Waals surface area (Å²) in [4.78, 5) is 23.2. The zero-order chi connectivity index (χ0) is 42.1. The van der Waals surface area contributed by atoms with Gasteiger partial charge in [0.2, 0.25) is 5.91 Å². The van der Waals surface area contributed by atoms with Gasteiger partial charge in [0.1, 0.15) is 13.2 Å². The van der Waals surface area contributed by atoms with Crippen molar-refractivity contribution >= 4 is 13.7 Å². The van der Waals surface area contributed by atoms with Crippen molar-refractivity contribution in [3.05, 3.63) is 36.5 Å². The Kier molecular flexibility index (Phi) is 39.2. The number of nitrogens with one attached hydrogen (secondary N) is 1. The number of carbonyl (C=O) groups is 1. The molecule has 0 aromatic rings. The van der Waals surface area contributed by atoms with E-state index in [2.05, 4.69) is 55.6 Å². The van der Waals surface area contributed by atoms with Gasteiger partial charge in [0.05, 0.1) is 39.9 Å². The number of rotatable bonds is 43. The number of unbranched alkanes of at least 4 members (excludes halogenated alkanes) is 24. The van der Waals surface area contributed by atoms with Gasteiger partial charge < -0.3 is 19.8 Å². The van der Waals surface area contributed by atoms with Gasteiger partial charge in [-0.2, -0.15) is 0 Å². The molecule has 0 radical (unpaired) electrons. The highest BCUT2D eigenvalue weighted by Crippen LogP contribution is 2.43. The SMILES string of the molecule is CC/C=C\C/C=C\C/C=C\CCCCCCCCCC(=O)NC(COP(=O)(O)OCC[N+](C)(C)C)C(O)CCCCCCCCCCCCCCCCCCCC. The molecule has 8 nitrogen and oxygen atoms in total. The van der Waals surface area contributed by atoms with Gasteiger partial charge in [-0.25, -0.2) is 4.57 Å². The molecule has 0 saturated heterocycles. The second-order valence-corrected chi connectivity index (χ2v) is 18.9. The number of quaternary nitrogens is 1. The van der Waals surface area contributed by atoms with Crippen molar-refractivity contribution < 1.29 is 32.9 Å². The highest BCUT2D eigenvalue weighted by atomic mass is 31.2. The first-order valence-electron chi connectivity index (χ1n) is 23.9. The number of likely N-dealkylation sites (N-methyl/N-ethyl adjacent to an activating group) is 1. The van der Waals surface area contributed by atoms with Gasteiger partial charge in [-0.15, -0.1) is 0 Å². The van der Waals surface area contributed by atoms with Crippen molar-refractivity contribution in [2.45, 2.75) is 225 Å². The van der Waals surface area contributed by atoms with E-state index < -0.39 is 20.0 Å². The van der Waals surface area contributed by atoms with Gasteiger partial charge in [0.25, 0.3) is 0 Å². The van der Waals surface area contributed by atoms with Crippen LogP contribution in [0.3, 0.4) is 0 Å². The highest BCUT2D eigenvalue weighted by Gasteiger charge is 2.28. The molecule has 57 heavy (non-hydrogen) atoms. The molecule has 336 valence electrons. The maximum absolute atomic E-state index is 12.9. The van der Waals surface area contributed by atoms with Crippen LogP contribution in [0, 0.1) is 0 Å². The van der Waals surface area contributed by atoms with Crippen LogP contribution < -0.4 is 5.32 Å². The Hall–Kier alpha value is -1.28. The van der Waals surface area contributed by atoms with Crippen LogP contribution in [0.25, 0.3) is 0 Å². The summed E-state index contributed by atoms with van der Waals surface area (Å²) in [6, 6.07) is -0.765. The summed E-state index contributed by atoms with van der Waals surface area (Å²) in [5.41, 5.74) is 0. The van der Waals surface area contributed by atoms with Crippen molar-refractivity contribution in [2.24, 2.45) is 0 Å². The van der Waals surface area contributed by atoms with Crippen LogP contribution in [-0.2, 0) is 18.4 Å². The summed E-state index contributed by atoms with van der Waals surface area (Å²) in [5, 5.41) is 14.0. The van der Waals surface area contributed by atoms with Crippen LogP contribution in [0.5, 0.6) is 0 Å². The normalized spacial score (nSPS) is 14.6. The standard InChI is InChI=1S/C48H93N2O6P/c1-6-8-10-12-14-16-18-20-22-24-26-27-29-31-33-35-37-39-41-47(51)46(45-56-57(53,54)55-44-43-50(3,4)5)49-48(52)42-40-38-36-34-32-30-28-25-23-21-19-17-15-13-11-9-7-2/h9,11,15,17,21,23,46-47,51H,6-8,10,12-14,16,18-20,22,24-45H2,1-5H3,(H-,49,52,53,54)/p+1/b11-9-,17-15-,23-21-. The molecule has 3 unspecified atom stereocenters. The van der Waals surface area contributed by atoms with Gasteiger partial charge in [0, 0.05) is 6.42 Å². The van der Waals surface area contributed by atoms with Crippen molar-refractivity contribution in [1.82, 2.24) is 5.32 Å². The molecule has 9 heteroatoms. The number of aliphatic hydroxyl groups excluding tert-OH is 1. The monoisotopic (exact) mass is 826 g/mol. The van der Waals surface area contributed by atoms with Crippen LogP contribution in [0.2, 0.25) is 0 Å². The summed E-state index contributed by atoms with van der Waals surface area (Å²) >= 11 is 0. The van der Waals surface area contributed by atoms with E-state index in [-0.39, 0.29) is 19.1 Å². The first kappa shape index (κ1) is 55.7. The average molecular weight is 826 g/mol. The fourth-order valence-electron chi connectivity index (χ4n) is 6.88. The van der Waals surface area contributed by atoms with E-state index in [9.17, 15) is 19.4 Å². The lowest BCUT2D eigenvalue weighted by molar-refractivity contribution is -0.870. The topological polar surface area (TPSA) is 105 Å². The van der Waals surface area contributed by atoms with Crippen molar-refractivity contribution in [3.63, 3.8) is 0 Å². The van der Waals surface area contributed by atoms with Gasteiger partial charge in [-0.05, 0) is 44.9 Å². The summed E-state index contributed by atoms with van der Waals surface area (Å²) in [6.07, 6.45) is 48.8. The van der Waals surface area contributed by atoms with Crippen LogP contribution in [-0.4, -0.2) is 73.4 Å². The Morgan fingerprint density at radius 1 is 0.614 bits per heavy atom. The van der Waals surface area contributed by atoms with E-state index in [1.54, 1.807) is 0 Å². The van der Waals surface area contributed by atoms with Crippen LogP contribution in [0.15, 0.2) is 36.5 Å². The van der Waals surface area contributed by atoms with E-state index in [1.807, 2.05) is 21.1 Å². The van der Waals surface area contributed by atoms with Gasteiger partial charge >= 0.3 is 7.82 Å². The molecule has 0 fully saturated rings. The third kappa shape index (κ3) is 42.6. The molecule has 0 aliphatic heterocycles. The molecule has 0 aliphatic rings. The quantitative estimate of drug-likeness (QED) is 0.0245. The predicted octanol–water partition coefficient (Wildman–Crippen LogP) is 13.5. The maximum atomic E-state index is 12.9. The Labute approximate surface area is 353 Å². The van der Waals surface area contributed by atoms with E-state index in [4.69, 9.17) is 9.05 Å². The zero-order valence-electron chi connectivity index (χ0n) is 38.1. The number of amides is 1. The minimum Gasteiger partial charge on any atom is -0.391 e. The zero-order valence-corrected chi connectivity index (χ0v) is 39.0. The molecule has 0 rings (SSSR count). The fourth-order valence-corrected chi connectivity index (χ4v) is 7.62. The molecule has 0 aromatic heterocycles. The summed E-state index contributed by atoms with van der Waals surface area (Å²) in [6.45, 7) is 4.78. The van der Waals surface area contributed by atoms with Gasteiger partial charge in [-0.1, -0.05) is 198 Å². The van der Waals surface area contributed by atoms with E-state index in [0.717, 1.165) is 64.2 Å². The minimum atomic E-state index is -4.32. The number of aliphatic hydroxyl groups is 1. The lowest BCUT2D eigenvalue weighted by atomic mass is 10.0. The van der Waals surface area contributed by atoms with E-state index >= 15 is 0 Å². The number of hydrogen-bond acceptors (Lipinski definition) is 5. The van der Waals surface area contributed by atoms with Crippen molar-refractivity contribution in [1.29, 1.82) is 0 Å². The number of hydrogen-bond donors (Lipinski definition) is 3. The molecule has 3 N–H and O–H groups in total. The third-order valence-electron chi connectivity index (χ3n) is 10.7. The Bertz CT molecular complexity index is 1030. The lowest BCUT2D eigenvalue weighted by Crippen LogP contribution is -2.46. The molecular weight excluding hydrogens is 732 g/mol. The maximum Gasteiger partial charge on any atom is 0.472 e. The summed E-state index contributed by atoms with van der Waals surface area (Å²) in [5.74, 6) is -0.154. The first-order chi connectivity index (χ1) is 27.5. The number of allylic oxidation sites excluding steroid dienone is 6. The van der Waals surface area contributed by atoms with Crippen LogP contribution in [0.4, 0.5) is 0 Å². The smallest absolute Gasteiger partial charge is 0.391 e. The highest BCUT2D eigenvalue weighted by molar-refractivity contribution is 7.47. The van der Waals surface area contributed by atoms with E-state index in [0.29, 0.717) is 23.9 Å². The second-order valence-electron chi connectivity index (χ2n) is 17.5. The molecule has 0 aliphatic carbocycles. The third-order valence-corrected chi connectivity index (χ3v) is 11.6. The molecule has 0 aromatic carbocycles. The fraction of sp³-hybridized carbons (Fsp3) is 0.854. The molecule has 3 atom stereocenters. The minimum absolute atomic E-state index is 0.0721. The number of carbonyl (C=O) groups excluding carboxylic acids is 1. The van der Waals surface area contributed by atoms with Gasteiger partial charge in [-0.3, -0.25) is 13.8 Å². The molecular formula is C48H94N2O6P+. The van der Waals surface area contributed by atoms with E-state index in [1.165, 1.54) is 122 Å². The van der Waals surface area contributed by atoms with Crippen LogP contribution >= 0.6 is 7.82 Å². The number of phosphoric ester groups is 1.